The van der Waals surface area contributed by atoms with E-state index in [1.165, 1.54) is 16.0 Å². The molecule has 1 heterocycles. The number of nitrogens with two attached hydrogens (primary N) is 1. The van der Waals surface area contributed by atoms with Crippen molar-refractivity contribution in [2.24, 2.45) is 5.73 Å². The Hall–Kier alpha value is -0.670. The maximum atomic E-state index is 5.92. The summed E-state index contributed by atoms with van der Waals surface area (Å²) < 4.78 is 5.30. The minimum Gasteiger partial charge on any atom is -0.496 e. The van der Waals surface area contributed by atoms with Crippen LogP contribution in [-0.2, 0) is 6.42 Å². The molecule has 0 bridgehead atoms. The van der Waals surface area contributed by atoms with Gasteiger partial charge in [-0.2, -0.15) is 0 Å². The number of hydrogen-bond acceptors (Lipinski definition) is 3. The number of rotatable bonds is 1. The Morgan fingerprint density at radius 2 is 2.29 bits per heavy atom. The minimum absolute atomic E-state index is 0.292. The first-order valence-electron chi connectivity index (χ1n) is 4.76. The molecule has 2 rings (SSSR count). The molecule has 0 aromatic heterocycles. The second kappa shape index (κ2) is 3.83. The maximum absolute atomic E-state index is 5.92. The summed E-state index contributed by atoms with van der Waals surface area (Å²) in [5.74, 6) is 2.00. The molecule has 1 aromatic rings. The molecule has 14 heavy (non-hydrogen) atoms. The first-order chi connectivity index (χ1) is 6.70. The number of ether oxygens (including phenoxy) is 1. The Bertz CT molecular complexity index is 351. The molecule has 0 fully saturated rings. The number of thioether (sulfide) groups is 1. The molecule has 1 unspecified atom stereocenters. The van der Waals surface area contributed by atoms with Crippen LogP contribution in [0, 0.1) is 6.92 Å². The van der Waals surface area contributed by atoms with Gasteiger partial charge in [0.05, 0.1) is 7.11 Å². The summed E-state index contributed by atoms with van der Waals surface area (Å²) in [6.45, 7) is 2.08. The van der Waals surface area contributed by atoms with Crippen LogP contribution in [0.2, 0.25) is 0 Å². The summed E-state index contributed by atoms with van der Waals surface area (Å²) >= 11 is 1.85. The van der Waals surface area contributed by atoms with Gasteiger partial charge < -0.3 is 10.5 Å². The van der Waals surface area contributed by atoms with Gasteiger partial charge in [0.2, 0.25) is 0 Å². The van der Waals surface area contributed by atoms with E-state index in [1.54, 1.807) is 7.11 Å². The van der Waals surface area contributed by atoms with Crippen molar-refractivity contribution >= 4 is 11.8 Å². The zero-order valence-electron chi connectivity index (χ0n) is 8.54. The Morgan fingerprint density at radius 3 is 3.00 bits per heavy atom. The van der Waals surface area contributed by atoms with Crippen molar-refractivity contribution in [2.75, 3.05) is 12.9 Å². The normalized spacial score (nSPS) is 20.4. The molecule has 2 N–H and O–H groups in total. The molecular weight excluding hydrogens is 194 g/mol. The molecule has 0 saturated carbocycles. The number of aryl methyl sites for hydroxylation is 1. The van der Waals surface area contributed by atoms with Crippen LogP contribution < -0.4 is 10.5 Å². The zero-order valence-corrected chi connectivity index (χ0v) is 9.36. The summed E-state index contributed by atoms with van der Waals surface area (Å²) in [4.78, 5) is 1.37. The van der Waals surface area contributed by atoms with Gasteiger partial charge >= 0.3 is 0 Å². The highest BCUT2D eigenvalue weighted by atomic mass is 32.2. The van der Waals surface area contributed by atoms with Crippen LogP contribution in [-0.4, -0.2) is 18.9 Å². The van der Waals surface area contributed by atoms with Gasteiger partial charge in [0.1, 0.15) is 5.75 Å². The van der Waals surface area contributed by atoms with Crippen LogP contribution in [0.15, 0.2) is 17.0 Å². The Kier molecular flexibility index (Phi) is 2.70. The summed E-state index contributed by atoms with van der Waals surface area (Å²) in [6.07, 6.45) is 0.971. The number of methoxy groups -OCH3 is 1. The first-order valence-corrected chi connectivity index (χ1v) is 5.75. The molecule has 1 aliphatic rings. The zero-order chi connectivity index (χ0) is 10.1. The Morgan fingerprint density at radius 1 is 1.50 bits per heavy atom. The first kappa shape index (κ1) is 9.87. The summed E-state index contributed by atoms with van der Waals surface area (Å²) in [7, 11) is 1.71. The van der Waals surface area contributed by atoms with E-state index in [2.05, 4.69) is 19.1 Å². The van der Waals surface area contributed by atoms with E-state index >= 15 is 0 Å². The molecule has 1 aliphatic heterocycles. The van der Waals surface area contributed by atoms with Crippen molar-refractivity contribution in [1.82, 2.24) is 0 Å². The average Bonchev–Trinajstić information content (AvgIpc) is 2.17. The molecular formula is C11H15NOS. The van der Waals surface area contributed by atoms with E-state index in [0.717, 1.165) is 17.9 Å². The monoisotopic (exact) mass is 209 g/mol. The molecule has 0 aliphatic carbocycles. The van der Waals surface area contributed by atoms with E-state index in [1.807, 2.05) is 11.8 Å². The SMILES string of the molecule is COc1cc2c(cc1C)SCC(N)C2. The lowest BCUT2D eigenvalue weighted by atomic mass is 10.0. The molecule has 76 valence electrons. The number of hydrogen-bond donors (Lipinski definition) is 1. The van der Waals surface area contributed by atoms with E-state index in [-0.39, 0.29) is 0 Å². The predicted octanol–water partition coefficient (Wildman–Crippen LogP) is 1.98. The minimum atomic E-state index is 0.292. The van der Waals surface area contributed by atoms with Crippen LogP contribution in [0.25, 0.3) is 0 Å². The van der Waals surface area contributed by atoms with Crippen LogP contribution in [0.4, 0.5) is 0 Å². The van der Waals surface area contributed by atoms with Crippen molar-refractivity contribution in [3.63, 3.8) is 0 Å². The van der Waals surface area contributed by atoms with Gasteiger partial charge in [-0.15, -0.1) is 11.8 Å². The average molecular weight is 209 g/mol. The quantitative estimate of drug-likeness (QED) is 0.768. The van der Waals surface area contributed by atoms with Gasteiger partial charge in [-0.25, -0.2) is 0 Å². The topological polar surface area (TPSA) is 35.2 Å². The van der Waals surface area contributed by atoms with Gasteiger partial charge in [0, 0.05) is 16.7 Å². The Balaban J connectivity index is 2.41. The number of benzene rings is 1. The highest BCUT2D eigenvalue weighted by molar-refractivity contribution is 7.99. The third-order valence-corrected chi connectivity index (χ3v) is 3.80. The third kappa shape index (κ3) is 1.74. The van der Waals surface area contributed by atoms with E-state index < -0.39 is 0 Å². The Labute approximate surface area is 88.8 Å². The molecule has 3 heteroatoms. The van der Waals surface area contributed by atoms with Gasteiger partial charge in [0.25, 0.3) is 0 Å². The van der Waals surface area contributed by atoms with Gasteiger partial charge in [-0.3, -0.25) is 0 Å². The molecule has 0 radical (unpaired) electrons. The lowest BCUT2D eigenvalue weighted by Crippen LogP contribution is -2.28. The van der Waals surface area contributed by atoms with Crippen LogP contribution >= 0.6 is 11.8 Å². The highest BCUT2D eigenvalue weighted by Gasteiger charge is 2.17. The second-order valence-corrected chi connectivity index (χ2v) is 4.77. The smallest absolute Gasteiger partial charge is 0.122 e. The summed E-state index contributed by atoms with van der Waals surface area (Å²) in [5.41, 5.74) is 8.45. The van der Waals surface area contributed by atoms with Crippen LogP contribution in [0.5, 0.6) is 5.75 Å². The summed E-state index contributed by atoms with van der Waals surface area (Å²) in [5, 5.41) is 0. The second-order valence-electron chi connectivity index (χ2n) is 3.70. The third-order valence-electron chi connectivity index (χ3n) is 2.51. The standard InChI is InChI=1S/C11H15NOS/c1-7-3-11-8(5-10(7)13-2)4-9(12)6-14-11/h3,5,9H,4,6,12H2,1-2H3. The van der Waals surface area contributed by atoms with Crippen molar-refractivity contribution in [1.29, 1.82) is 0 Å². The van der Waals surface area contributed by atoms with Gasteiger partial charge in [-0.1, -0.05) is 0 Å². The highest BCUT2D eigenvalue weighted by Crippen LogP contribution is 2.34. The fourth-order valence-electron chi connectivity index (χ4n) is 1.76. The summed E-state index contributed by atoms with van der Waals surface area (Å²) in [6, 6.07) is 4.61. The van der Waals surface area contributed by atoms with Crippen molar-refractivity contribution in [2.45, 2.75) is 24.3 Å². The van der Waals surface area contributed by atoms with Gasteiger partial charge in [0.15, 0.2) is 0 Å². The molecule has 1 aromatic carbocycles. The molecule has 0 amide bonds. The van der Waals surface area contributed by atoms with E-state index in [0.29, 0.717) is 6.04 Å². The molecule has 0 spiro atoms. The predicted molar refractivity (Wildman–Crippen MR) is 60.1 cm³/mol. The number of fused-ring (bicyclic) bond motifs is 1. The fraction of sp³-hybridized carbons (Fsp3) is 0.455. The maximum Gasteiger partial charge on any atom is 0.122 e. The molecule has 2 nitrogen and oxygen atoms in total. The van der Waals surface area contributed by atoms with E-state index in [4.69, 9.17) is 10.5 Å². The van der Waals surface area contributed by atoms with E-state index in [9.17, 15) is 0 Å². The fourth-order valence-corrected chi connectivity index (χ4v) is 2.85. The van der Waals surface area contributed by atoms with Crippen molar-refractivity contribution < 1.29 is 4.74 Å². The van der Waals surface area contributed by atoms with Crippen molar-refractivity contribution in [3.8, 4) is 5.75 Å². The van der Waals surface area contributed by atoms with Crippen LogP contribution in [0.3, 0.4) is 0 Å². The largest absolute Gasteiger partial charge is 0.496 e. The lowest BCUT2D eigenvalue weighted by molar-refractivity contribution is 0.410. The van der Waals surface area contributed by atoms with Gasteiger partial charge in [-0.05, 0) is 36.6 Å². The van der Waals surface area contributed by atoms with Crippen LogP contribution in [0.1, 0.15) is 11.1 Å². The van der Waals surface area contributed by atoms with Crippen molar-refractivity contribution in [3.05, 3.63) is 23.3 Å². The molecule has 0 saturated heterocycles. The lowest BCUT2D eigenvalue weighted by Gasteiger charge is -2.22. The molecule has 1 atom stereocenters.